The fourth-order valence-electron chi connectivity index (χ4n) is 3.81. The van der Waals surface area contributed by atoms with E-state index in [9.17, 15) is 9.00 Å². The van der Waals surface area contributed by atoms with Crippen molar-refractivity contribution in [2.45, 2.75) is 25.9 Å². The Kier molecular flexibility index (Phi) is 7.36. The third-order valence-corrected chi connectivity index (χ3v) is 7.03. The number of thioether (sulfide) groups is 1. The summed E-state index contributed by atoms with van der Waals surface area (Å²) in [4.78, 5) is 22.0. The number of fused-ring (bicyclic) bond motifs is 1. The number of carbonyl (C=O) groups excluding carboxylic acids is 1. The van der Waals surface area contributed by atoms with Crippen molar-refractivity contribution in [1.82, 2.24) is 14.5 Å². The molecule has 4 rings (SSSR count). The number of carbonyl (C=O) groups is 1. The van der Waals surface area contributed by atoms with E-state index in [-0.39, 0.29) is 11.7 Å². The van der Waals surface area contributed by atoms with Gasteiger partial charge in [0.2, 0.25) is 5.91 Å². The van der Waals surface area contributed by atoms with E-state index in [2.05, 4.69) is 63.9 Å². The van der Waals surface area contributed by atoms with Gasteiger partial charge in [-0.05, 0) is 78.2 Å². The van der Waals surface area contributed by atoms with Crippen molar-refractivity contribution in [2.75, 3.05) is 15.8 Å². The zero-order chi connectivity index (χ0) is 24.4. The van der Waals surface area contributed by atoms with E-state index >= 15 is 0 Å². The Morgan fingerprint density at radius 2 is 1.91 bits per heavy atom. The van der Waals surface area contributed by atoms with Crippen molar-refractivity contribution >= 4 is 67.4 Å². The quantitative estimate of drug-likeness (QED) is 0.207. The molecule has 0 saturated carbocycles. The normalized spacial score (nSPS) is 12.0. The molecule has 0 saturated heterocycles. The van der Waals surface area contributed by atoms with Gasteiger partial charge in [0, 0.05) is 16.4 Å². The highest BCUT2D eigenvalue weighted by atomic mass is 79.9. The van der Waals surface area contributed by atoms with Crippen LogP contribution in [0.4, 0.5) is 11.4 Å². The van der Waals surface area contributed by atoms with Crippen LogP contribution in [-0.2, 0) is 16.1 Å². The first-order valence-electron chi connectivity index (χ1n) is 10.2. The molecule has 176 valence electrons. The third kappa shape index (κ3) is 5.33. The maximum Gasteiger partial charge on any atom is 0.259 e. The number of hydrogen-bond donors (Lipinski definition) is 3. The molecule has 0 aliphatic heterocycles. The first kappa shape index (κ1) is 24.4. The van der Waals surface area contributed by atoms with Gasteiger partial charge in [0.15, 0.2) is 10.8 Å². The van der Waals surface area contributed by atoms with Crippen molar-refractivity contribution in [2.24, 2.45) is 0 Å². The molecule has 2 aromatic heterocycles. The monoisotopic (exact) mass is 559 g/mol. The van der Waals surface area contributed by atoms with Crippen LogP contribution in [0.2, 0.25) is 0 Å². The summed E-state index contributed by atoms with van der Waals surface area (Å²) in [6, 6.07) is 12.9. The van der Waals surface area contributed by atoms with Crippen LogP contribution in [-0.4, -0.2) is 35.0 Å². The van der Waals surface area contributed by atoms with Gasteiger partial charge in [-0.1, -0.05) is 29.5 Å². The van der Waals surface area contributed by atoms with E-state index in [1.807, 2.05) is 16.7 Å². The standard InChI is InChI=1S/C23H22BrN5O3S2/c1-13-9-14(2)21(15(3)10-13)29-22-19(5-4-8-25-22)27-23(29)33-12-20(30)26-18-7-6-16(11-17(18)24)28-34(31)32/h4-11,28H,12H2,1-3H3,(H,26,30)(H,31,32). The second-order valence-electron chi connectivity index (χ2n) is 7.71. The second-order valence-corrected chi connectivity index (χ2v) is 10.2. The van der Waals surface area contributed by atoms with Gasteiger partial charge in [-0.25, -0.2) is 14.2 Å². The minimum absolute atomic E-state index is 0.139. The molecule has 1 unspecified atom stereocenters. The molecule has 11 heteroatoms. The van der Waals surface area contributed by atoms with Gasteiger partial charge in [0.25, 0.3) is 11.3 Å². The predicted octanol–water partition coefficient (Wildman–Crippen LogP) is 5.39. The first-order chi connectivity index (χ1) is 16.2. The number of rotatable bonds is 7. The fraction of sp³-hybridized carbons (Fsp3) is 0.174. The first-order valence-corrected chi connectivity index (χ1v) is 13.1. The molecule has 0 aliphatic carbocycles. The average Bonchev–Trinajstić information content (AvgIpc) is 3.11. The number of hydrogen-bond acceptors (Lipinski definition) is 5. The van der Waals surface area contributed by atoms with Crippen LogP contribution in [0.1, 0.15) is 16.7 Å². The van der Waals surface area contributed by atoms with Crippen molar-refractivity contribution in [3.63, 3.8) is 0 Å². The zero-order valence-corrected chi connectivity index (χ0v) is 21.8. The van der Waals surface area contributed by atoms with Crippen molar-refractivity contribution in [1.29, 1.82) is 0 Å². The van der Waals surface area contributed by atoms with Crippen molar-refractivity contribution in [3.8, 4) is 5.69 Å². The zero-order valence-electron chi connectivity index (χ0n) is 18.6. The molecule has 0 radical (unpaired) electrons. The smallest absolute Gasteiger partial charge is 0.259 e. The van der Waals surface area contributed by atoms with Gasteiger partial charge in [-0.15, -0.1) is 0 Å². The van der Waals surface area contributed by atoms with E-state index in [1.54, 1.807) is 24.4 Å². The van der Waals surface area contributed by atoms with Crippen molar-refractivity contribution < 1.29 is 13.6 Å². The molecule has 1 amide bonds. The molecule has 3 N–H and O–H groups in total. The lowest BCUT2D eigenvalue weighted by Crippen LogP contribution is -2.15. The molecular weight excluding hydrogens is 538 g/mol. The Morgan fingerprint density at radius 1 is 1.18 bits per heavy atom. The minimum atomic E-state index is -2.17. The third-order valence-electron chi connectivity index (χ3n) is 5.02. The van der Waals surface area contributed by atoms with Gasteiger partial charge >= 0.3 is 0 Å². The second kappa shape index (κ2) is 10.3. The average molecular weight is 560 g/mol. The lowest BCUT2D eigenvalue weighted by Gasteiger charge is -2.15. The largest absolute Gasteiger partial charge is 0.324 e. The van der Waals surface area contributed by atoms with E-state index in [0.29, 0.717) is 21.0 Å². The molecule has 0 fully saturated rings. The number of anilines is 2. The highest BCUT2D eigenvalue weighted by molar-refractivity contribution is 9.10. The Balaban J connectivity index is 1.58. The molecule has 2 aromatic carbocycles. The van der Waals surface area contributed by atoms with Crippen LogP contribution in [0.15, 0.2) is 58.3 Å². The Hall–Kier alpha value is -2.73. The number of benzene rings is 2. The summed E-state index contributed by atoms with van der Waals surface area (Å²) in [5.74, 6) is -0.0681. The Bertz CT molecular complexity index is 1400. The maximum atomic E-state index is 12.7. The number of nitrogens with zero attached hydrogens (tertiary/aromatic N) is 3. The van der Waals surface area contributed by atoms with Crippen LogP contribution in [0.5, 0.6) is 0 Å². The number of pyridine rings is 1. The topological polar surface area (TPSA) is 109 Å². The summed E-state index contributed by atoms with van der Waals surface area (Å²) < 4.78 is 24.9. The molecule has 0 aliphatic rings. The van der Waals surface area contributed by atoms with E-state index in [1.165, 1.54) is 17.3 Å². The molecule has 0 spiro atoms. The van der Waals surface area contributed by atoms with Gasteiger partial charge in [-0.2, -0.15) is 0 Å². The Morgan fingerprint density at radius 3 is 2.59 bits per heavy atom. The number of amides is 1. The maximum absolute atomic E-state index is 12.7. The number of nitrogens with one attached hydrogen (secondary N) is 2. The number of halogens is 1. The van der Waals surface area contributed by atoms with Gasteiger partial charge in [-0.3, -0.25) is 18.6 Å². The lowest BCUT2D eigenvalue weighted by atomic mass is 10.1. The van der Waals surface area contributed by atoms with Crippen molar-refractivity contribution in [3.05, 3.63) is 69.8 Å². The summed E-state index contributed by atoms with van der Waals surface area (Å²) in [5.41, 5.74) is 6.92. The van der Waals surface area contributed by atoms with Crippen LogP contribution >= 0.6 is 27.7 Å². The summed E-state index contributed by atoms with van der Waals surface area (Å²) in [7, 11) is 0. The van der Waals surface area contributed by atoms with E-state index in [0.717, 1.165) is 28.0 Å². The summed E-state index contributed by atoms with van der Waals surface area (Å²) in [6.45, 7) is 6.19. The molecule has 4 aromatic rings. The Labute approximate surface area is 212 Å². The predicted molar refractivity (Wildman–Crippen MR) is 141 cm³/mol. The molecule has 2 heterocycles. The molecule has 0 bridgehead atoms. The minimum Gasteiger partial charge on any atom is -0.324 e. The van der Waals surface area contributed by atoms with Gasteiger partial charge < -0.3 is 5.32 Å². The van der Waals surface area contributed by atoms with Crippen LogP contribution in [0, 0.1) is 20.8 Å². The number of imidazole rings is 1. The van der Waals surface area contributed by atoms with Gasteiger partial charge in [0.1, 0.15) is 5.52 Å². The highest BCUT2D eigenvalue weighted by Crippen LogP contribution is 2.31. The van der Waals surface area contributed by atoms with Gasteiger partial charge in [0.05, 0.1) is 17.1 Å². The molecule has 1 atom stereocenters. The van der Waals surface area contributed by atoms with E-state index < -0.39 is 11.3 Å². The number of aromatic nitrogens is 3. The molecular formula is C23H22BrN5O3S2. The summed E-state index contributed by atoms with van der Waals surface area (Å²) in [6.07, 6.45) is 1.74. The van der Waals surface area contributed by atoms with Crippen LogP contribution in [0.25, 0.3) is 16.9 Å². The summed E-state index contributed by atoms with van der Waals surface area (Å²) >= 11 is 2.54. The molecule has 34 heavy (non-hydrogen) atoms. The van der Waals surface area contributed by atoms with Crippen LogP contribution in [0.3, 0.4) is 0 Å². The summed E-state index contributed by atoms with van der Waals surface area (Å²) in [5, 5.41) is 3.54. The number of aryl methyl sites for hydroxylation is 3. The van der Waals surface area contributed by atoms with E-state index in [4.69, 9.17) is 9.54 Å². The highest BCUT2D eigenvalue weighted by Gasteiger charge is 2.19. The SMILES string of the molecule is Cc1cc(C)c(-n2c(SCC(=O)Nc3ccc(NS(=O)O)cc3Br)nc3cccnc32)c(C)c1. The van der Waals surface area contributed by atoms with Crippen LogP contribution < -0.4 is 10.0 Å². The molecule has 8 nitrogen and oxygen atoms in total. The fourth-order valence-corrected chi connectivity index (χ4v) is 5.42. The lowest BCUT2D eigenvalue weighted by molar-refractivity contribution is -0.113.